The first kappa shape index (κ1) is 6.80. The van der Waals surface area contributed by atoms with E-state index in [9.17, 15) is 0 Å². The lowest BCUT2D eigenvalue weighted by Gasteiger charge is -1.98. The number of aromatic nitrogens is 1. The summed E-state index contributed by atoms with van der Waals surface area (Å²) in [6.45, 7) is 4.28. The lowest BCUT2D eigenvalue weighted by atomic mass is 10.1. The van der Waals surface area contributed by atoms with Crippen LogP contribution in [0.5, 0.6) is 0 Å². The van der Waals surface area contributed by atoms with E-state index in [1.165, 1.54) is 21.2 Å². The fourth-order valence-corrected chi connectivity index (χ4v) is 1.97. The molecule has 1 aromatic heterocycles. The maximum absolute atomic E-state index is 4.14. The van der Waals surface area contributed by atoms with Crippen molar-refractivity contribution < 1.29 is 0 Å². The molecule has 11 heavy (non-hydrogen) atoms. The molecule has 0 N–H and O–H groups in total. The number of hydrogen-bond donors (Lipinski definition) is 0. The summed E-state index contributed by atoms with van der Waals surface area (Å²) >= 11 is 1.58. The molecule has 0 atom stereocenters. The largest absolute Gasteiger partial charge is 0.200 e. The molecule has 2 heteroatoms. The summed E-state index contributed by atoms with van der Waals surface area (Å²) in [5.41, 5.74) is 2.71. The summed E-state index contributed by atoms with van der Waals surface area (Å²) in [6.07, 6.45) is 1.92. The van der Waals surface area contributed by atoms with E-state index in [4.69, 9.17) is 0 Å². The average Bonchev–Trinajstić information content (AvgIpc) is 2.45. The van der Waals surface area contributed by atoms with Crippen LogP contribution >= 0.6 is 11.5 Å². The zero-order valence-electron chi connectivity index (χ0n) is 6.59. The van der Waals surface area contributed by atoms with Crippen molar-refractivity contribution in [1.29, 1.82) is 0 Å². The molecule has 2 aromatic rings. The number of benzene rings is 1. The van der Waals surface area contributed by atoms with Gasteiger partial charge in [-0.25, -0.2) is 0 Å². The van der Waals surface area contributed by atoms with Crippen LogP contribution in [0.25, 0.3) is 10.1 Å². The Hall–Kier alpha value is -0.890. The first-order valence-electron chi connectivity index (χ1n) is 3.59. The summed E-state index contributed by atoms with van der Waals surface area (Å²) < 4.78 is 5.47. The second kappa shape index (κ2) is 2.31. The standard InChI is InChI=1S/C9H9NS/c1-6-3-4-8-5-10-11-9(8)7(6)2/h3-5H,1-2H3. The Bertz CT molecular complexity index is 389. The Morgan fingerprint density at radius 2 is 2.09 bits per heavy atom. The minimum absolute atomic E-state index is 1.26. The van der Waals surface area contributed by atoms with Gasteiger partial charge < -0.3 is 0 Å². The number of aryl methyl sites for hydroxylation is 2. The molecule has 1 heterocycles. The highest BCUT2D eigenvalue weighted by Crippen LogP contribution is 2.23. The van der Waals surface area contributed by atoms with Crippen LogP contribution in [0.15, 0.2) is 18.3 Å². The van der Waals surface area contributed by atoms with E-state index >= 15 is 0 Å². The van der Waals surface area contributed by atoms with E-state index in [0.717, 1.165) is 0 Å². The summed E-state index contributed by atoms with van der Waals surface area (Å²) in [5, 5.41) is 1.26. The fourth-order valence-electron chi connectivity index (χ4n) is 1.17. The van der Waals surface area contributed by atoms with E-state index in [0.29, 0.717) is 0 Å². The molecule has 56 valence electrons. The first-order valence-corrected chi connectivity index (χ1v) is 4.37. The average molecular weight is 163 g/mol. The summed E-state index contributed by atoms with van der Waals surface area (Å²) in [6, 6.07) is 4.27. The monoisotopic (exact) mass is 163 g/mol. The molecular weight excluding hydrogens is 154 g/mol. The molecule has 2 rings (SSSR count). The number of hydrogen-bond acceptors (Lipinski definition) is 2. The Balaban J connectivity index is 2.93. The van der Waals surface area contributed by atoms with Crippen molar-refractivity contribution in [3.8, 4) is 0 Å². The lowest BCUT2D eigenvalue weighted by molar-refractivity contribution is 1.39. The number of rotatable bonds is 0. The summed E-state index contributed by atoms with van der Waals surface area (Å²) in [7, 11) is 0. The van der Waals surface area contributed by atoms with Crippen LogP contribution in [-0.4, -0.2) is 4.37 Å². The maximum atomic E-state index is 4.14. The quantitative estimate of drug-likeness (QED) is 0.582. The van der Waals surface area contributed by atoms with Gasteiger partial charge in [0.1, 0.15) is 0 Å². The smallest absolute Gasteiger partial charge is 0.0581 e. The lowest BCUT2D eigenvalue weighted by Crippen LogP contribution is -1.77. The third-order valence-electron chi connectivity index (χ3n) is 2.04. The minimum atomic E-state index is 1.26. The van der Waals surface area contributed by atoms with Crippen molar-refractivity contribution in [2.75, 3.05) is 0 Å². The zero-order chi connectivity index (χ0) is 7.84. The molecule has 0 radical (unpaired) electrons. The molecular formula is C9H9NS. The van der Waals surface area contributed by atoms with Gasteiger partial charge in [-0.2, -0.15) is 4.37 Å². The molecule has 0 amide bonds. The van der Waals surface area contributed by atoms with Crippen LogP contribution < -0.4 is 0 Å². The molecule has 0 saturated heterocycles. The highest BCUT2D eigenvalue weighted by Gasteiger charge is 2.00. The maximum Gasteiger partial charge on any atom is 0.0581 e. The molecule has 0 aliphatic heterocycles. The van der Waals surface area contributed by atoms with Gasteiger partial charge >= 0.3 is 0 Å². The van der Waals surface area contributed by atoms with E-state index in [1.54, 1.807) is 11.5 Å². The summed E-state index contributed by atoms with van der Waals surface area (Å²) in [4.78, 5) is 0. The highest BCUT2D eigenvalue weighted by atomic mass is 32.1. The predicted octanol–water partition coefficient (Wildman–Crippen LogP) is 2.91. The van der Waals surface area contributed by atoms with Gasteiger partial charge in [-0.1, -0.05) is 12.1 Å². The van der Waals surface area contributed by atoms with Crippen molar-refractivity contribution in [3.05, 3.63) is 29.5 Å². The van der Waals surface area contributed by atoms with Crippen molar-refractivity contribution in [2.45, 2.75) is 13.8 Å². The molecule has 0 fully saturated rings. The van der Waals surface area contributed by atoms with Gasteiger partial charge in [0.15, 0.2) is 0 Å². The molecule has 0 saturated carbocycles. The Morgan fingerprint density at radius 3 is 2.91 bits per heavy atom. The van der Waals surface area contributed by atoms with Gasteiger partial charge in [-0.3, -0.25) is 0 Å². The molecule has 0 bridgehead atoms. The molecule has 0 aliphatic rings. The van der Waals surface area contributed by atoms with E-state index in [2.05, 4.69) is 30.4 Å². The van der Waals surface area contributed by atoms with Crippen LogP contribution in [0.2, 0.25) is 0 Å². The third kappa shape index (κ3) is 0.942. The Morgan fingerprint density at radius 1 is 1.27 bits per heavy atom. The van der Waals surface area contributed by atoms with Crippen LogP contribution in [-0.2, 0) is 0 Å². The predicted molar refractivity (Wildman–Crippen MR) is 49.1 cm³/mol. The van der Waals surface area contributed by atoms with Crippen LogP contribution in [0, 0.1) is 13.8 Å². The van der Waals surface area contributed by atoms with Crippen molar-refractivity contribution in [3.63, 3.8) is 0 Å². The van der Waals surface area contributed by atoms with E-state index in [1.807, 2.05) is 6.20 Å². The van der Waals surface area contributed by atoms with E-state index < -0.39 is 0 Å². The van der Waals surface area contributed by atoms with Gasteiger partial charge in [-0.15, -0.1) is 0 Å². The topological polar surface area (TPSA) is 12.9 Å². The van der Waals surface area contributed by atoms with Crippen LogP contribution in [0.4, 0.5) is 0 Å². The van der Waals surface area contributed by atoms with Gasteiger partial charge in [0.05, 0.1) is 4.70 Å². The Kier molecular flexibility index (Phi) is 1.43. The number of fused-ring (bicyclic) bond motifs is 1. The molecule has 0 aliphatic carbocycles. The second-order valence-electron chi connectivity index (χ2n) is 2.75. The van der Waals surface area contributed by atoms with Crippen LogP contribution in [0.3, 0.4) is 0 Å². The third-order valence-corrected chi connectivity index (χ3v) is 2.98. The van der Waals surface area contributed by atoms with Gasteiger partial charge in [-0.05, 0) is 36.5 Å². The molecule has 0 spiro atoms. The molecule has 0 unspecified atom stereocenters. The van der Waals surface area contributed by atoms with Crippen LogP contribution in [0.1, 0.15) is 11.1 Å². The van der Waals surface area contributed by atoms with Gasteiger partial charge in [0.25, 0.3) is 0 Å². The van der Waals surface area contributed by atoms with Gasteiger partial charge in [0.2, 0.25) is 0 Å². The minimum Gasteiger partial charge on any atom is -0.200 e. The van der Waals surface area contributed by atoms with Crippen molar-refractivity contribution in [1.82, 2.24) is 4.37 Å². The first-order chi connectivity index (χ1) is 5.29. The Labute approximate surface area is 69.8 Å². The normalized spacial score (nSPS) is 10.7. The van der Waals surface area contributed by atoms with E-state index in [-0.39, 0.29) is 0 Å². The second-order valence-corrected chi connectivity index (χ2v) is 3.55. The SMILES string of the molecule is Cc1ccc2cnsc2c1C. The molecule has 1 aromatic carbocycles. The molecule has 1 nitrogen and oxygen atoms in total. The fraction of sp³-hybridized carbons (Fsp3) is 0.222. The zero-order valence-corrected chi connectivity index (χ0v) is 7.40. The van der Waals surface area contributed by atoms with Gasteiger partial charge in [0, 0.05) is 11.6 Å². The van der Waals surface area contributed by atoms with Crippen molar-refractivity contribution >= 4 is 21.6 Å². The van der Waals surface area contributed by atoms with Crippen molar-refractivity contribution in [2.24, 2.45) is 0 Å². The highest BCUT2D eigenvalue weighted by molar-refractivity contribution is 7.13. The number of nitrogens with zero attached hydrogens (tertiary/aromatic N) is 1. The summed E-state index contributed by atoms with van der Waals surface area (Å²) in [5.74, 6) is 0.